The minimum absolute atomic E-state index is 0.200. The quantitative estimate of drug-likeness (QED) is 0.361. The van der Waals surface area contributed by atoms with Crippen LogP contribution in [0.2, 0.25) is 0 Å². The lowest BCUT2D eigenvalue weighted by Gasteiger charge is -2.32. The Morgan fingerprint density at radius 1 is 1.00 bits per heavy atom. The Balaban J connectivity index is 1.62. The van der Waals surface area contributed by atoms with Crippen molar-refractivity contribution in [3.63, 3.8) is 0 Å². The van der Waals surface area contributed by atoms with Gasteiger partial charge >= 0.3 is 5.97 Å². The third kappa shape index (κ3) is 4.54. The second-order valence-electron chi connectivity index (χ2n) is 9.05. The van der Waals surface area contributed by atoms with Gasteiger partial charge in [-0.05, 0) is 86.5 Å². The highest BCUT2D eigenvalue weighted by molar-refractivity contribution is 5.92. The molecule has 0 atom stereocenters. The summed E-state index contributed by atoms with van der Waals surface area (Å²) in [5.41, 5.74) is 11.2. The number of esters is 1. The average molecular weight is 488 g/mol. The summed E-state index contributed by atoms with van der Waals surface area (Å²) in [5.74, 6) is -0.578. The zero-order chi connectivity index (χ0) is 25.2. The number of nitrogens with two attached hydrogens (primary N) is 1. The third-order valence-corrected chi connectivity index (χ3v) is 6.77. The molecule has 186 valence electrons. The predicted octanol–water partition coefficient (Wildman–Crippen LogP) is 5.55. The number of hydrogen-bond donors (Lipinski definition) is 1. The molecule has 1 aliphatic rings. The average Bonchev–Trinajstić information content (AvgIpc) is 3.28. The maximum absolute atomic E-state index is 14.7. The number of rotatable bonds is 6. The molecule has 1 saturated heterocycles. The van der Waals surface area contributed by atoms with E-state index in [4.69, 9.17) is 15.2 Å². The molecule has 0 unspecified atom stereocenters. The molecule has 1 aliphatic heterocycles. The van der Waals surface area contributed by atoms with E-state index < -0.39 is 5.82 Å². The molecule has 0 bridgehead atoms. The molecule has 2 heterocycles. The van der Waals surface area contributed by atoms with E-state index >= 15 is 0 Å². The highest BCUT2D eigenvalue weighted by Gasteiger charge is 2.19. The maximum Gasteiger partial charge on any atom is 0.338 e. The normalized spacial score (nSPS) is 14.3. The molecular formula is C29H30FN3O3. The highest BCUT2D eigenvalue weighted by Crippen LogP contribution is 2.35. The number of fused-ring (bicyclic) bond motifs is 1. The number of anilines is 1. The number of carbonyl (C=O) groups excluding carboxylic acids is 1. The van der Waals surface area contributed by atoms with Gasteiger partial charge in [0.1, 0.15) is 0 Å². The van der Waals surface area contributed by atoms with Gasteiger partial charge in [0.25, 0.3) is 0 Å². The number of methoxy groups -OCH3 is 1. The van der Waals surface area contributed by atoms with E-state index in [0.29, 0.717) is 12.2 Å². The lowest BCUT2D eigenvalue weighted by molar-refractivity contribution is 0.0526. The molecule has 0 saturated carbocycles. The zero-order valence-electron chi connectivity index (χ0n) is 20.5. The van der Waals surface area contributed by atoms with E-state index in [1.807, 2.05) is 18.2 Å². The predicted molar refractivity (Wildman–Crippen MR) is 141 cm³/mol. The monoisotopic (exact) mass is 487 g/mol. The van der Waals surface area contributed by atoms with Crippen molar-refractivity contribution in [2.45, 2.75) is 25.8 Å². The molecule has 36 heavy (non-hydrogen) atoms. The molecule has 0 aliphatic carbocycles. The number of aromatic nitrogens is 1. The van der Waals surface area contributed by atoms with Crippen LogP contribution < -0.4 is 15.4 Å². The van der Waals surface area contributed by atoms with Crippen LogP contribution in [0, 0.1) is 5.82 Å². The van der Waals surface area contributed by atoms with Crippen molar-refractivity contribution in [2.75, 3.05) is 31.7 Å². The van der Waals surface area contributed by atoms with Gasteiger partial charge in [-0.1, -0.05) is 0 Å². The van der Waals surface area contributed by atoms with Crippen LogP contribution in [0.1, 0.15) is 30.1 Å². The number of piperidine rings is 1. The Kier molecular flexibility index (Phi) is 6.65. The minimum Gasteiger partial charge on any atom is -0.494 e. The topological polar surface area (TPSA) is 69.7 Å². The summed E-state index contributed by atoms with van der Waals surface area (Å²) in [7, 11) is 1.45. The molecule has 1 aromatic heterocycles. The van der Waals surface area contributed by atoms with Crippen LogP contribution >= 0.6 is 0 Å². The van der Waals surface area contributed by atoms with Crippen molar-refractivity contribution in [1.29, 1.82) is 0 Å². The van der Waals surface area contributed by atoms with Crippen molar-refractivity contribution in [1.82, 2.24) is 4.57 Å². The molecule has 2 N–H and O–H groups in total. The standard InChI is InChI=1S/C29H30FN3O3/c1-3-36-29(34)19-4-7-23(8-5-19)33-26-10-9-24(32-14-12-22(31)13-15-32)16-21(26)18-27(33)20-6-11-28(35-2)25(30)17-20/h4-11,16-18,22H,3,12-15,31H2,1-2H3. The Bertz CT molecular complexity index is 1390. The fourth-order valence-electron chi connectivity index (χ4n) is 4.83. The first-order chi connectivity index (χ1) is 17.5. The molecule has 5 rings (SSSR count). The molecule has 0 amide bonds. The first-order valence-corrected chi connectivity index (χ1v) is 12.3. The van der Waals surface area contributed by atoms with E-state index in [2.05, 4.69) is 33.7 Å². The summed E-state index contributed by atoms with van der Waals surface area (Å²) in [5, 5.41) is 1.04. The van der Waals surface area contributed by atoms with Crippen LogP contribution in [-0.2, 0) is 4.74 Å². The summed E-state index contributed by atoms with van der Waals surface area (Å²) in [6, 6.07) is 21.0. The van der Waals surface area contributed by atoms with Crippen LogP contribution in [0.15, 0.2) is 66.7 Å². The van der Waals surface area contributed by atoms with Gasteiger partial charge in [0, 0.05) is 41.5 Å². The number of carbonyl (C=O) groups is 1. The molecule has 1 fully saturated rings. The molecule has 6 nitrogen and oxygen atoms in total. The Labute approximate surface area is 210 Å². The van der Waals surface area contributed by atoms with Gasteiger partial charge in [-0.2, -0.15) is 0 Å². The van der Waals surface area contributed by atoms with Crippen molar-refractivity contribution < 1.29 is 18.7 Å². The fourth-order valence-corrected chi connectivity index (χ4v) is 4.83. The molecule has 4 aromatic rings. The van der Waals surface area contributed by atoms with Gasteiger partial charge in [-0.3, -0.25) is 0 Å². The van der Waals surface area contributed by atoms with Crippen LogP contribution in [0.4, 0.5) is 10.1 Å². The van der Waals surface area contributed by atoms with Crippen molar-refractivity contribution >= 4 is 22.6 Å². The van der Waals surface area contributed by atoms with Crippen LogP contribution in [0.3, 0.4) is 0 Å². The third-order valence-electron chi connectivity index (χ3n) is 6.77. The summed E-state index contributed by atoms with van der Waals surface area (Å²) in [4.78, 5) is 14.5. The Morgan fingerprint density at radius 3 is 2.39 bits per heavy atom. The minimum atomic E-state index is -0.421. The Hall–Kier alpha value is -3.84. The van der Waals surface area contributed by atoms with Gasteiger partial charge in [0.05, 0.1) is 30.5 Å². The number of nitrogens with zero attached hydrogens (tertiary/aromatic N) is 2. The summed E-state index contributed by atoms with van der Waals surface area (Å²) >= 11 is 0. The van der Waals surface area contributed by atoms with Crippen molar-refractivity contribution in [2.24, 2.45) is 5.73 Å². The lowest BCUT2D eigenvalue weighted by Crippen LogP contribution is -2.39. The van der Waals surface area contributed by atoms with Crippen LogP contribution in [0.25, 0.3) is 27.8 Å². The second-order valence-corrected chi connectivity index (χ2v) is 9.05. The van der Waals surface area contributed by atoms with E-state index in [0.717, 1.165) is 59.5 Å². The number of halogens is 1. The first kappa shape index (κ1) is 23.9. The summed E-state index contributed by atoms with van der Waals surface area (Å²) in [6.45, 7) is 3.96. The van der Waals surface area contributed by atoms with Gasteiger partial charge in [-0.15, -0.1) is 0 Å². The van der Waals surface area contributed by atoms with Crippen molar-refractivity contribution in [3.05, 3.63) is 78.1 Å². The largest absolute Gasteiger partial charge is 0.494 e. The maximum atomic E-state index is 14.7. The first-order valence-electron chi connectivity index (χ1n) is 12.3. The zero-order valence-corrected chi connectivity index (χ0v) is 20.5. The van der Waals surface area contributed by atoms with Gasteiger partial charge in [0.15, 0.2) is 11.6 Å². The van der Waals surface area contributed by atoms with Gasteiger partial charge < -0.3 is 24.7 Å². The van der Waals surface area contributed by atoms with E-state index in [1.165, 1.54) is 13.2 Å². The van der Waals surface area contributed by atoms with E-state index in [-0.39, 0.29) is 17.8 Å². The lowest BCUT2D eigenvalue weighted by atomic mass is 10.1. The van der Waals surface area contributed by atoms with Crippen LogP contribution in [-0.4, -0.2) is 43.4 Å². The molecule has 0 radical (unpaired) electrons. The smallest absolute Gasteiger partial charge is 0.338 e. The Morgan fingerprint density at radius 2 is 1.72 bits per heavy atom. The summed E-state index contributed by atoms with van der Waals surface area (Å²) < 4.78 is 27.0. The molecule has 7 heteroatoms. The number of ether oxygens (including phenoxy) is 2. The number of benzene rings is 3. The highest BCUT2D eigenvalue weighted by atomic mass is 19.1. The van der Waals surface area contributed by atoms with Gasteiger partial charge in [0.2, 0.25) is 0 Å². The fraction of sp³-hybridized carbons (Fsp3) is 0.276. The SMILES string of the molecule is CCOC(=O)c1ccc(-n2c(-c3ccc(OC)c(F)c3)cc3cc(N4CCC(N)CC4)ccc32)cc1. The molecule has 3 aromatic carbocycles. The van der Waals surface area contributed by atoms with Crippen LogP contribution in [0.5, 0.6) is 5.75 Å². The molecule has 0 spiro atoms. The number of hydrogen-bond acceptors (Lipinski definition) is 5. The summed E-state index contributed by atoms with van der Waals surface area (Å²) in [6.07, 6.45) is 1.95. The van der Waals surface area contributed by atoms with Gasteiger partial charge in [-0.25, -0.2) is 9.18 Å². The van der Waals surface area contributed by atoms with E-state index in [1.54, 1.807) is 25.1 Å². The van der Waals surface area contributed by atoms with Crippen molar-refractivity contribution in [3.8, 4) is 22.7 Å². The second kappa shape index (κ2) is 10.0. The van der Waals surface area contributed by atoms with E-state index in [9.17, 15) is 9.18 Å². The molecular weight excluding hydrogens is 457 g/mol.